The third kappa shape index (κ3) is 5.17. The van der Waals surface area contributed by atoms with E-state index >= 15 is 0 Å². The SMILES string of the molecule is Cc1cc(F)cc(NC(=O)C(=O)NCCC(O)c2ccccc2)c1. The zero-order chi connectivity index (χ0) is 17.5. The highest BCUT2D eigenvalue weighted by Gasteiger charge is 2.15. The molecule has 0 fully saturated rings. The molecule has 0 aliphatic carbocycles. The molecule has 126 valence electrons. The van der Waals surface area contributed by atoms with Crippen LogP contribution in [0.1, 0.15) is 23.7 Å². The molecule has 2 amide bonds. The summed E-state index contributed by atoms with van der Waals surface area (Å²) in [7, 11) is 0. The van der Waals surface area contributed by atoms with Gasteiger partial charge in [0.1, 0.15) is 5.82 Å². The Kier molecular flexibility index (Phi) is 6.03. The van der Waals surface area contributed by atoms with Crippen LogP contribution >= 0.6 is 0 Å². The van der Waals surface area contributed by atoms with Crippen LogP contribution in [-0.2, 0) is 9.59 Å². The molecule has 24 heavy (non-hydrogen) atoms. The predicted molar refractivity (Wildman–Crippen MR) is 88.8 cm³/mol. The van der Waals surface area contributed by atoms with Crippen LogP contribution in [0.15, 0.2) is 48.5 Å². The van der Waals surface area contributed by atoms with Crippen molar-refractivity contribution in [1.29, 1.82) is 0 Å². The molecule has 3 N–H and O–H groups in total. The highest BCUT2D eigenvalue weighted by molar-refractivity contribution is 6.39. The smallest absolute Gasteiger partial charge is 0.313 e. The highest BCUT2D eigenvalue weighted by atomic mass is 19.1. The van der Waals surface area contributed by atoms with Crippen molar-refractivity contribution in [3.8, 4) is 0 Å². The van der Waals surface area contributed by atoms with Gasteiger partial charge in [0.2, 0.25) is 0 Å². The van der Waals surface area contributed by atoms with Crippen LogP contribution in [0.5, 0.6) is 0 Å². The van der Waals surface area contributed by atoms with Crippen molar-refractivity contribution in [2.24, 2.45) is 0 Å². The number of carbonyl (C=O) groups is 2. The van der Waals surface area contributed by atoms with E-state index in [4.69, 9.17) is 0 Å². The normalized spacial score (nSPS) is 11.6. The Morgan fingerprint density at radius 3 is 2.50 bits per heavy atom. The minimum atomic E-state index is -0.880. The standard InChI is InChI=1S/C18H19FN2O3/c1-12-9-14(19)11-15(10-12)21-18(24)17(23)20-8-7-16(22)13-5-3-2-4-6-13/h2-6,9-11,16,22H,7-8H2,1H3,(H,20,23)(H,21,24). The van der Waals surface area contributed by atoms with Crippen molar-refractivity contribution in [2.45, 2.75) is 19.4 Å². The Morgan fingerprint density at radius 2 is 1.83 bits per heavy atom. The van der Waals surface area contributed by atoms with Crippen LogP contribution < -0.4 is 10.6 Å². The summed E-state index contributed by atoms with van der Waals surface area (Å²) in [5.41, 5.74) is 1.60. The number of aliphatic hydroxyl groups is 1. The summed E-state index contributed by atoms with van der Waals surface area (Å²) < 4.78 is 13.3. The molecule has 0 radical (unpaired) electrons. The molecule has 1 unspecified atom stereocenters. The number of carbonyl (C=O) groups excluding carboxylic acids is 2. The fraction of sp³-hybridized carbons (Fsp3) is 0.222. The van der Waals surface area contributed by atoms with Gasteiger partial charge >= 0.3 is 11.8 Å². The second kappa shape index (κ2) is 8.21. The number of nitrogens with one attached hydrogen (secondary N) is 2. The van der Waals surface area contributed by atoms with E-state index in [1.807, 2.05) is 18.2 Å². The third-order valence-electron chi connectivity index (χ3n) is 3.39. The molecule has 0 heterocycles. The quantitative estimate of drug-likeness (QED) is 0.736. The predicted octanol–water partition coefficient (Wildman–Crippen LogP) is 2.31. The lowest BCUT2D eigenvalue weighted by molar-refractivity contribution is -0.136. The van der Waals surface area contributed by atoms with Gasteiger partial charge in [0.15, 0.2) is 0 Å². The molecule has 0 spiro atoms. The maximum absolute atomic E-state index is 13.3. The van der Waals surface area contributed by atoms with E-state index in [1.165, 1.54) is 6.07 Å². The van der Waals surface area contributed by atoms with E-state index in [2.05, 4.69) is 10.6 Å². The molecule has 2 rings (SSSR count). The van der Waals surface area contributed by atoms with Crippen molar-refractivity contribution in [2.75, 3.05) is 11.9 Å². The molecular formula is C18H19FN2O3. The molecule has 0 saturated carbocycles. The van der Waals surface area contributed by atoms with Crippen molar-refractivity contribution in [3.05, 3.63) is 65.5 Å². The molecule has 2 aromatic rings. The zero-order valence-electron chi connectivity index (χ0n) is 13.3. The van der Waals surface area contributed by atoms with Crippen LogP contribution in [0.4, 0.5) is 10.1 Å². The minimum absolute atomic E-state index is 0.143. The first kappa shape index (κ1) is 17.6. The second-order valence-corrected chi connectivity index (χ2v) is 5.44. The third-order valence-corrected chi connectivity index (χ3v) is 3.39. The first-order chi connectivity index (χ1) is 11.5. The van der Waals surface area contributed by atoms with Crippen LogP contribution in [0.2, 0.25) is 0 Å². The number of anilines is 1. The van der Waals surface area contributed by atoms with Gasteiger partial charge in [0, 0.05) is 12.2 Å². The molecule has 2 aromatic carbocycles. The first-order valence-corrected chi connectivity index (χ1v) is 7.55. The monoisotopic (exact) mass is 330 g/mol. The molecule has 0 aromatic heterocycles. The largest absolute Gasteiger partial charge is 0.388 e. The summed E-state index contributed by atoms with van der Waals surface area (Å²) in [4.78, 5) is 23.5. The Morgan fingerprint density at radius 1 is 1.12 bits per heavy atom. The first-order valence-electron chi connectivity index (χ1n) is 7.55. The molecule has 5 nitrogen and oxygen atoms in total. The summed E-state index contributed by atoms with van der Waals surface area (Å²) in [6.45, 7) is 1.83. The highest BCUT2D eigenvalue weighted by Crippen LogP contribution is 2.15. The van der Waals surface area contributed by atoms with E-state index in [1.54, 1.807) is 25.1 Å². The van der Waals surface area contributed by atoms with E-state index in [-0.39, 0.29) is 18.7 Å². The molecule has 0 bridgehead atoms. The number of aliphatic hydroxyl groups excluding tert-OH is 1. The fourth-order valence-corrected chi connectivity index (χ4v) is 2.24. The van der Waals surface area contributed by atoms with Crippen LogP contribution in [0.25, 0.3) is 0 Å². The number of halogens is 1. The molecular weight excluding hydrogens is 311 g/mol. The zero-order valence-corrected chi connectivity index (χ0v) is 13.3. The second-order valence-electron chi connectivity index (χ2n) is 5.44. The number of rotatable bonds is 5. The number of hydrogen-bond acceptors (Lipinski definition) is 3. The molecule has 1 atom stereocenters. The maximum atomic E-state index is 13.3. The lowest BCUT2D eigenvalue weighted by atomic mass is 10.1. The van der Waals surface area contributed by atoms with Gasteiger partial charge in [-0.15, -0.1) is 0 Å². The van der Waals surface area contributed by atoms with Crippen molar-refractivity contribution >= 4 is 17.5 Å². The summed E-state index contributed by atoms with van der Waals surface area (Å²) in [5.74, 6) is -2.21. The number of amides is 2. The van der Waals surface area contributed by atoms with Gasteiger partial charge < -0.3 is 15.7 Å². The lowest BCUT2D eigenvalue weighted by Gasteiger charge is -2.11. The average molecular weight is 330 g/mol. The van der Waals surface area contributed by atoms with E-state index < -0.39 is 23.7 Å². The average Bonchev–Trinajstić information content (AvgIpc) is 2.54. The number of benzene rings is 2. The fourth-order valence-electron chi connectivity index (χ4n) is 2.24. The van der Waals surface area contributed by atoms with Crippen LogP contribution in [0.3, 0.4) is 0 Å². The van der Waals surface area contributed by atoms with Crippen molar-refractivity contribution < 1.29 is 19.1 Å². The molecule has 0 aliphatic rings. The Balaban J connectivity index is 1.80. The molecule has 0 aliphatic heterocycles. The van der Waals surface area contributed by atoms with Gasteiger partial charge in [0.25, 0.3) is 0 Å². The van der Waals surface area contributed by atoms with E-state index in [0.29, 0.717) is 5.56 Å². The molecule has 0 saturated heterocycles. The van der Waals surface area contributed by atoms with Gasteiger partial charge in [-0.2, -0.15) is 0 Å². The van der Waals surface area contributed by atoms with Crippen molar-refractivity contribution in [3.63, 3.8) is 0 Å². The van der Waals surface area contributed by atoms with Crippen LogP contribution in [0, 0.1) is 12.7 Å². The maximum Gasteiger partial charge on any atom is 0.313 e. The lowest BCUT2D eigenvalue weighted by Crippen LogP contribution is -2.36. The molecule has 6 heteroatoms. The summed E-state index contributed by atoms with van der Waals surface area (Å²) >= 11 is 0. The van der Waals surface area contributed by atoms with Crippen molar-refractivity contribution in [1.82, 2.24) is 5.32 Å². The van der Waals surface area contributed by atoms with Gasteiger partial charge in [0.05, 0.1) is 6.10 Å². The Bertz CT molecular complexity index is 699. The van der Waals surface area contributed by atoms with Gasteiger partial charge in [-0.1, -0.05) is 30.3 Å². The number of aryl methyl sites for hydroxylation is 1. The summed E-state index contributed by atoms with van der Waals surface area (Å²) in [5, 5.41) is 14.7. The topological polar surface area (TPSA) is 78.4 Å². The summed E-state index contributed by atoms with van der Waals surface area (Å²) in [6, 6.07) is 13.1. The van der Waals surface area contributed by atoms with E-state index in [0.717, 1.165) is 11.6 Å². The van der Waals surface area contributed by atoms with Gasteiger partial charge in [-0.25, -0.2) is 4.39 Å². The Labute approximate surface area is 139 Å². The minimum Gasteiger partial charge on any atom is -0.388 e. The van der Waals surface area contributed by atoms with Gasteiger partial charge in [-0.05, 0) is 42.7 Å². The Hall–Kier alpha value is -2.73. The van der Waals surface area contributed by atoms with Crippen LogP contribution in [-0.4, -0.2) is 23.5 Å². The van der Waals surface area contributed by atoms with E-state index in [9.17, 15) is 19.1 Å². The number of hydrogen-bond donors (Lipinski definition) is 3. The van der Waals surface area contributed by atoms with Gasteiger partial charge in [-0.3, -0.25) is 9.59 Å². The summed E-state index contributed by atoms with van der Waals surface area (Å²) in [6.07, 6.45) is -0.442.